The topological polar surface area (TPSA) is 308 Å². The van der Waals surface area contributed by atoms with E-state index < -0.39 is 125 Å². The first-order valence-corrected chi connectivity index (χ1v) is 22.7. The number of ether oxygens (including phenoxy) is 13. The van der Waals surface area contributed by atoms with Crippen LogP contribution in [0.4, 0.5) is 0 Å². The van der Waals surface area contributed by atoms with E-state index in [9.17, 15) is 52.7 Å². The van der Waals surface area contributed by atoms with Crippen molar-refractivity contribution >= 4 is 65.7 Å². The van der Waals surface area contributed by atoms with Crippen molar-refractivity contribution in [1.82, 2.24) is 0 Å². The molecule has 2 aliphatic heterocycles. The van der Waals surface area contributed by atoms with Crippen molar-refractivity contribution in [3.8, 4) is 63.2 Å². The van der Waals surface area contributed by atoms with Crippen molar-refractivity contribution in [3.05, 3.63) is 76.3 Å². The highest BCUT2D eigenvalue weighted by atomic mass is 16.6. The standard InChI is InChI=1S/C52H48O24/c1-21(53)64-34-17-39(68-25(5)57)45-40(18-34)75-49(33-15-42(70-27(7)59)51(73-30(10)62)43(16-33)71-28(8)60)52(74-31(11)63)47(45)46-41(69-26(6)58)20-37(66-23(3)55)35-19-44(72-29(9)61)48(76-50(35)46)32-12-13-36(65-22(2)54)38(14-32)67-24(4)56/h12-18,20,44,47-49,52H,19H2,1-11H3/t44-,47+,48+,49+,52+/m0/s1. The third-order valence-corrected chi connectivity index (χ3v) is 10.5. The maximum absolute atomic E-state index is 13.6. The summed E-state index contributed by atoms with van der Waals surface area (Å²) < 4.78 is 75.3. The highest BCUT2D eigenvalue weighted by Crippen LogP contribution is 2.59. The minimum absolute atomic E-state index is 0.0443. The van der Waals surface area contributed by atoms with Gasteiger partial charge in [0.2, 0.25) is 5.75 Å². The van der Waals surface area contributed by atoms with Crippen molar-refractivity contribution in [1.29, 1.82) is 0 Å². The number of hydrogen-bond donors (Lipinski definition) is 0. The first-order valence-electron chi connectivity index (χ1n) is 22.7. The van der Waals surface area contributed by atoms with E-state index in [0.29, 0.717) is 0 Å². The molecule has 4 aromatic rings. The van der Waals surface area contributed by atoms with Crippen molar-refractivity contribution in [2.24, 2.45) is 0 Å². The zero-order chi connectivity index (χ0) is 56.0. The molecule has 0 aliphatic carbocycles. The number of rotatable bonds is 14. The SMILES string of the molecule is CC(=O)Oc1cc(OC(C)=O)c2c(c1)O[C@H](c1cc(OC(C)=O)c(OC(C)=O)c(OC(C)=O)c1)[C@H](OC(C)=O)[C@H]2c1c(OC(C)=O)cc(OC(C)=O)c2c1O[C@H](c1ccc(OC(C)=O)c(OC(C)=O)c1)[C@@H](OC(C)=O)C2. The predicted molar refractivity (Wildman–Crippen MR) is 251 cm³/mol. The van der Waals surface area contributed by atoms with Gasteiger partial charge in [0.25, 0.3) is 0 Å². The van der Waals surface area contributed by atoms with Gasteiger partial charge in [0.15, 0.2) is 41.3 Å². The van der Waals surface area contributed by atoms with Crippen molar-refractivity contribution in [2.75, 3.05) is 0 Å². The summed E-state index contributed by atoms with van der Waals surface area (Å²) in [5.41, 5.74) is -0.547. The van der Waals surface area contributed by atoms with Gasteiger partial charge in [-0.2, -0.15) is 0 Å². The summed E-state index contributed by atoms with van der Waals surface area (Å²) >= 11 is 0. The molecule has 5 atom stereocenters. The van der Waals surface area contributed by atoms with Gasteiger partial charge in [-0.3, -0.25) is 52.7 Å². The van der Waals surface area contributed by atoms with Crippen LogP contribution < -0.4 is 52.1 Å². The Morgan fingerprint density at radius 3 is 1.37 bits per heavy atom. The van der Waals surface area contributed by atoms with Crippen LogP contribution in [0.2, 0.25) is 0 Å². The fourth-order valence-electron chi connectivity index (χ4n) is 8.41. The molecule has 0 aromatic heterocycles. The van der Waals surface area contributed by atoms with Crippen molar-refractivity contribution < 1.29 is 114 Å². The third-order valence-electron chi connectivity index (χ3n) is 10.5. The van der Waals surface area contributed by atoms with E-state index in [1.807, 2.05) is 0 Å². The minimum Gasteiger partial charge on any atom is -0.481 e. The summed E-state index contributed by atoms with van der Waals surface area (Å²) in [6, 6.07) is 9.60. The van der Waals surface area contributed by atoms with E-state index in [1.54, 1.807) is 0 Å². The number of esters is 11. The fourth-order valence-corrected chi connectivity index (χ4v) is 8.41. The molecule has 0 spiro atoms. The summed E-state index contributed by atoms with van der Waals surface area (Å²) in [4.78, 5) is 140. The molecule has 24 heteroatoms. The van der Waals surface area contributed by atoms with Gasteiger partial charge in [-0.25, -0.2) is 0 Å². The molecule has 400 valence electrons. The molecule has 0 unspecified atom stereocenters. The van der Waals surface area contributed by atoms with E-state index >= 15 is 0 Å². The summed E-state index contributed by atoms with van der Waals surface area (Å²) in [5.74, 6) is -15.8. The number of fused-ring (bicyclic) bond motifs is 2. The van der Waals surface area contributed by atoms with Crippen LogP contribution in [0.1, 0.15) is 122 Å². The van der Waals surface area contributed by atoms with Crippen molar-refractivity contribution in [2.45, 2.75) is 113 Å². The average molecular weight is 1060 g/mol. The molecule has 2 heterocycles. The largest absolute Gasteiger partial charge is 0.481 e. The number of carbonyl (C=O) groups excluding carboxylic acids is 11. The Hall–Kier alpha value is -9.35. The van der Waals surface area contributed by atoms with Gasteiger partial charge in [0, 0.05) is 129 Å². The van der Waals surface area contributed by atoms with Crippen LogP contribution in [-0.4, -0.2) is 77.9 Å². The first-order chi connectivity index (χ1) is 35.7. The number of hydrogen-bond acceptors (Lipinski definition) is 24. The second kappa shape index (κ2) is 23.2. The summed E-state index contributed by atoms with van der Waals surface area (Å²) in [7, 11) is 0. The van der Waals surface area contributed by atoms with Gasteiger partial charge < -0.3 is 61.6 Å². The Labute approximate surface area is 431 Å². The maximum Gasteiger partial charge on any atom is 0.308 e. The van der Waals surface area contributed by atoms with Crippen molar-refractivity contribution in [3.63, 3.8) is 0 Å². The lowest BCUT2D eigenvalue weighted by Crippen LogP contribution is -2.40. The molecule has 4 aromatic carbocycles. The highest BCUT2D eigenvalue weighted by molar-refractivity contribution is 5.81. The zero-order valence-electron chi connectivity index (χ0n) is 42.5. The van der Waals surface area contributed by atoms with Crippen LogP contribution >= 0.6 is 0 Å². The highest BCUT2D eigenvalue weighted by Gasteiger charge is 2.50. The monoisotopic (exact) mass is 1060 g/mol. The maximum atomic E-state index is 13.6. The van der Waals surface area contributed by atoms with E-state index in [0.717, 1.165) is 100 Å². The fraction of sp³-hybridized carbons (Fsp3) is 0.327. The second-order valence-electron chi connectivity index (χ2n) is 16.8. The molecule has 24 nitrogen and oxygen atoms in total. The number of benzene rings is 4. The second-order valence-corrected chi connectivity index (χ2v) is 16.8. The van der Waals surface area contributed by atoms with E-state index in [1.165, 1.54) is 24.3 Å². The third kappa shape index (κ3) is 13.4. The summed E-state index contributed by atoms with van der Waals surface area (Å²) in [6.45, 7) is 11.5. The lowest BCUT2D eigenvalue weighted by molar-refractivity contribution is -0.154. The first kappa shape index (κ1) is 56.0. The van der Waals surface area contributed by atoms with Crippen LogP contribution in [0.5, 0.6) is 63.2 Å². The normalized spacial score (nSPS) is 17.0. The molecule has 0 fully saturated rings. The molecule has 0 saturated heterocycles. The molecule has 0 bridgehead atoms. The van der Waals surface area contributed by atoms with E-state index in [-0.39, 0.29) is 68.7 Å². The van der Waals surface area contributed by atoms with Crippen LogP contribution in [-0.2, 0) is 68.6 Å². The molecule has 76 heavy (non-hydrogen) atoms. The zero-order valence-corrected chi connectivity index (χ0v) is 42.5. The minimum atomic E-state index is -1.83. The summed E-state index contributed by atoms with van der Waals surface area (Å²) in [5, 5.41) is 0. The summed E-state index contributed by atoms with van der Waals surface area (Å²) in [6.07, 6.45) is -6.77. The van der Waals surface area contributed by atoms with E-state index in [4.69, 9.17) is 61.6 Å². The molecule has 2 aliphatic rings. The molecule has 0 radical (unpaired) electrons. The lowest BCUT2D eigenvalue weighted by atomic mass is 9.77. The van der Waals surface area contributed by atoms with Gasteiger partial charge in [-0.15, -0.1) is 0 Å². The smallest absolute Gasteiger partial charge is 0.308 e. The molecule has 0 N–H and O–H groups in total. The Bertz CT molecular complexity index is 3080. The Kier molecular flexibility index (Phi) is 17.1. The van der Waals surface area contributed by atoms with Crippen LogP contribution in [0.25, 0.3) is 0 Å². The Balaban J connectivity index is 1.82. The molecule has 6 rings (SSSR count). The Morgan fingerprint density at radius 2 is 0.855 bits per heavy atom. The average Bonchev–Trinajstić information content (AvgIpc) is 3.31. The lowest BCUT2D eigenvalue weighted by Gasteiger charge is -2.42. The van der Waals surface area contributed by atoms with Crippen LogP contribution in [0.15, 0.2) is 48.5 Å². The van der Waals surface area contributed by atoms with Gasteiger partial charge in [0.1, 0.15) is 40.6 Å². The number of carbonyl (C=O) groups is 11. The quantitative estimate of drug-likeness (QED) is 0.106. The van der Waals surface area contributed by atoms with Crippen LogP contribution in [0, 0.1) is 0 Å². The van der Waals surface area contributed by atoms with E-state index in [2.05, 4.69) is 0 Å². The van der Waals surface area contributed by atoms with Gasteiger partial charge >= 0.3 is 65.7 Å². The Morgan fingerprint density at radius 1 is 0.395 bits per heavy atom. The predicted octanol–water partition coefficient (Wildman–Crippen LogP) is 5.82. The van der Waals surface area contributed by atoms with Gasteiger partial charge in [-0.1, -0.05) is 6.07 Å². The van der Waals surface area contributed by atoms with Crippen LogP contribution in [0.3, 0.4) is 0 Å². The molecular formula is C52H48O24. The van der Waals surface area contributed by atoms with Gasteiger partial charge in [0.05, 0.1) is 5.92 Å². The van der Waals surface area contributed by atoms with Gasteiger partial charge in [-0.05, 0) is 24.3 Å². The molecule has 0 amide bonds. The molecular weight excluding hydrogens is 1010 g/mol. The molecule has 0 saturated carbocycles.